The second-order valence-corrected chi connectivity index (χ2v) is 7.21. The molecule has 0 aliphatic carbocycles. The van der Waals surface area contributed by atoms with Gasteiger partial charge in [-0.25, -0.2) is 0 Å². The third-order valence-corrected chi connectivity index (χ3v) is 5.36. The molecule has 1 heterocycles. The van der Waals surface area contributed by atoms with Gasteiger partial charge in [-0.15, -0.1) is 0 Å². The number of aryl methyl sites for hydroxylation is 2. The molecule has 3 rings (SSSR count). The van der Waals surface area contributed by atoms with E-state index in [1.807, 2.05) is 48.2 Å². The molecule has 1 saturated heterocycles. The van der Waals surface area contributed by atoms with Crippen molar-refractivity contribution in [2.75, 3.05) is 40.4 Å². The lowest BCUT2D eigenvalue weighted by atomic mass is 10.1. The smallest absolute Gasteiger partial charge is 0.254 e. The second kappa shape index (κ2) is 9.45. The average molecular weight is 396 g/mol. The normalized spacial score (nSPS) is 13.9. The highest BCUT2D eigenvalue weighted by Crippen LogP contribution is 2.21. The lowest BCUT2D eigenvalue weighted by Crippen LogP contribution is -2.50. The molecule has 6 nitrogen and oxygen atoms in total. The molecule has 2 aromatic carbocycles. The van der Waals surface area contributed by atoms with Gasteiger partial charge >= 0.3 is 0 Å². The first-order chi connectivity index (χ1) is 14.0. The summed E-state index contributed by atoms with van der Waals surface area (Å²) in [4.78, 5) is 29.0. The van der Waals surface area contributed by atoms with Gasteiger partial charge in [-0.3, -0.25) is 9.59 Å². The topological polar surface area (TPSA) is 59.1 Å². The number of hydrogen-bond acceptors (Lipinski definition) is 4. The minimum absolute atomic E-state index is 0.0198. The summed E-state index contributed by atoms with van der Waals surface area (Å²) >= 11 is 0. The molecule has 0 N–H and O–H groups in total. The Morgan fingerprint density at radius 2 is 1.55 bits per heavy atom. The van der Waals surface area contributed by atoms with Crippen molar-refractivity contribution in [3.8, 4) is 11.5 Å². The van der Waals surface area contributed by atoms with Crippen LogP contribution in [0.15, 0.2) is 42.5 Å². The number of carbonyl (C=O) groups excluding carboxylic acids is 2. The summed E-state index contributed by atoms with van der Waals surface area (Å²) in [7, 11) is 3.24. The molecule has 0 spiro atoms. The van der Waals surface area contributed by atoms with Crippen molar-refractivity contribution in [1.82, 2.24) is 9.80 Å². The SMILES string of the molecule is COc1ccc(CCC(=O)N2CCN(C(=O)c3ccc(C)c(OC)c3)CC2)cc1. The Morgan fingerprint density at radius 1 is 0.897 bits per heavy atom. The Kier molecular flexibility index (Phi) is 6.75. The molecule has 6 heteroatoms. The monoisotopic (exact) mass is 396 g/mol. The zero-order valence-electron chi connectivity index (χ0n) is 17.3. The van der Waals surface area contributed by atoms with Crippen molar-refractivity contribution in [2.24, 2.45) is 0 Å². The lowest BCUT2D eigenvalue weighted by Gasteiger charge is -2.35. The van der Waals surface area contributed by atoms with Gasteiger partial charge in [-0.2, -0.15) is 0 Å². The van der Waals surface area contributed by atoms with Crippen LogP contribution >= 0.6 is 0 Å². The Hall–Kier alpha value is -3.02. The Morgan fingerprint density at radius 3 is 2.17 bits per heavy atom. The number of benzene rings is 2. The zero-order chi connectivity index (χ0) is 20.8. The summed E-state index contributed by atoms with van der Waals surface area (Å²) < 4.78 is 10.5. The number of amides is 2. The summed E-state index contributed by atoms with van der Waals surface area (Å²) in [6.07, 6.45) is 1.17. The predicted molar refractivity (Wildman–Crippen MR) is 112 cm³/mol. The van der Waals surface area contributed by atoms with Crippen LogP contribution in [0.4, 0.5) is 0 Å². The molecule has 0 radical (unpaired) electrons. The molecule has 29 heavy (non-hydrogen) atoms. The molecule has 2 aromatic rings. The van der Waals surface area contributed by atoms with Crippen LogP contribution in [0.5, 0.6) is 11.5 Å². The molecule has 154 valence electrons. The molecule has 0 unspecified atom stereocenters. The maximum absolute atomic E-state index is 12.8. The van der Waals surface area contributed by atoms with Crippen LogP contribution in [0.1, 0.15) is 27.9 Å². The summed E-state index contributed by atoms with van der Waals surface area (Å²) in [5.41, 5.74) is 2.73. The Balaban J connectivity index is 1.50. The van der Waals surface area contributed by atoms with Gasteiger partial charge < -0.3 is 19.3 Å². The molecular formula is C23H28N2O4. The van der Waals surface area contributed by atoms with E-state index in [-0.39, 0.29) is 11.8 Å². The molecule has 1 aliphatic heterocycles. The van der Waals surface area contributed by atoms with E-state index in [2.05, 4.69) is 0 Å². The van der Waals surface area contributed by atoms with Gasteiger partial charge in [-0.1, -0.05) is 18.2 Å². The number of piperazine rings is 1. The van der Waals surface area contributed by atoms with Gasteiger partial charge in [0.1, 0.15) is 11.5 Å². The summed E-state index contributed by atoms with van der Waals surface area (Å²) in [6.45, 7) is 4.17. The van der Waals surface area contributed by atoms with Crippen LogP contribution in [0.3, 0.4) is 0 Å². The van der Waals surface area contributed by atoms with Gasteiger partial charge in [0.2, 0.25) is 5.91 Å². The van der Waals surface area contributed by atoms with E-state index in [0.717, 1.165) is 16.9 Å². The predicted octanol–water partition coefficient (Wildman–Crippen LogP) is 2.93. The second-order valence-electron chi connectivity index (χ2n) is 7.21. The third kappa shape index (κ3) is 5.08. The highest BCUT2D eigenvalue weighted by molar-refractivity contribution is 5.95. The van der Waals surface area contributed by atoms with E-state index in [1.54, 1.807) is 25.2 Å². The number of nitrogens with zero attached hydrogens (tertiary/aromatic N) is 2. The first-order valence-electron chi connectivity index (χ1n) is 9.86. The number of rotatable bonds is 6. The number of hydrogen-bond donors (Lipinski definition) is 0. The van der Waals surface area contributed by atoms with Crippen molar-refractivity contribution in [3.63, 3.8) is 0 Å². The van der Waals surface area contributed by atoms with Crippen LogP contribution in [-0.2, 0) is 11.2 Å². The molecule has 0 aromatic heterocycles. The van der Waals surface area contributed by atoms with Crippen molar-refractivity contribution in [3.05, 3.63) is 59.2 Å². The van der Waals surface area contributed by atoms with E-state index in [0.29, 0.717) is 50.3 Å². The molecule has 1 aliphatic rings. The van der Waals surface area contributed by atoms with Gasteiger partial charge in [0.05, 0.1) is 14.2 Å². The first-order valence-corrected chi connectivity index (χ1v) is 9.86. The van der Waals surface area contributed by atoms with Crippen molar-refractivity contribution in [1.29, 1.82) is 0 Å². The van der Waals surface area contributed by atoms with E-state index in [1.165, 1.54) is 0 Å². The highest BCUT2D eigenvalue weighted by Gasteiger charge is 2.25. The van der Waals surface area contributed by atoms with E-state index in [4.69, 9.17) is 9.47 Å². The lowest BCUT2D eigenvalue weighted by molar-refractivity contribution is -0.132. The fourth-order valence-electron chi connectivity index (χ4n) is 3.50. The zero-order valence-corrected chi connectivity index (χ0v) is 17.3. The highest BCUT2D eigenvalue weighted by atomic mass is 16.5. The van der Waals surface area contributed by atoms with E-state index in [9.17, 15) is 9.59 Å². The first kappa shape index (κ1) is 20.7. The molecule has 2 amide bonds. The maximum Gasteiger partial charge on any atom is 0.254 e. The van der Waals surface area contributed by atoms with E-state index >= 15 is 0 Å². The number of ether oxygens (including phenoxy) is 2. The van der Waals surface area contributed by atoms with Crippen LogP contribution in [-0.4, -0.2) is 62.0 Å². The minimum Gasteiger partial charge on any atom is -0.497 e. The Bertz CT molecular complexity index is 856. The minimum atomic E-state index is -0.0198. The standard InChI is InChI=1S/C23H28N2O4/c1-17-4-8-19(16-21(17)29-3)23(27)25-14-12-24(13-15-25)22(26)11-7-18-5-9-20(28-2)10-6-18/h4-6,8-10,16H,7,11-15H2,1-3H3. The summed E-state index contributed by atoms with van der Waals surface area (Å²) in [6, 6.07) is 13.3. The van der Waals surface area contributed by atoms with Crippen LogP contribution in [0, 0.1) is 6.92 Å². The van der Waals surface area contributed by atoms with Crippen molar-refractivity contribution < 1.29 is 19.1 Å². The van der Waals surface area contributed by atoms with Crippen molar-refractivity contribution >= 4 is 11.8 Å². The van der Waals surface area contributed by atoms with Crippen LogP contribution in [0.2, 0.25) is 0 Å². The molecular weight excluding hydrogens is 368 g/mol. The van der Waals surface area contributed by atoms with Gasteiger partial charge in [0, 0.05) is 38.2 Å². The Labute approximate surface area is 172 Å². The van der Waals surface area contributed by atoms with Crippen LogP contribution in [0.25, 0.3) is 0 Å². The third-order valence-electron chi connectivity index (χ3n) is 5.36. The quantitative estimate of drug-likeness (QED) is 0.753. The van der Waals surface area contributed by atoms with Gasteiger partial charge in [0.15, 0.2) is 0 Å². The maximum atomic E-state index is 12.8. The molecule has 0 atom stereocenters. The molecule has 0 bridgehead atoms. The molecule has 0 saturated carbocycles. The van der Waals surface area contributed by atoms with Crippen molar-refractivity contribution in [2.45, 2.75) is 19.8 Å². The number of carbonyl (C=O) groups is 2. The fraction of sp³-hybridized carbons (Fsp3) is 0.391. The van der Waals surface area contributed by atoms with Gasteiger partial charge in [-0.05, 0) is 48.7 Å². The van der Waals surface area contributed by atoms with Crippen LogP contribution < -0.4 is 9.47 Å². The van der Waals surface area contributed by atoms with E-state index < -0.39 is 0 Å². The van der Waals surface area contributed by atoms with Gasteiger partial charge in [0.25, 0.3) is 5.91 Å². The fourth-order valence-corrected chi connectivity index (χ4v) is 3.50. The largest absolute Gasteiger partial charge is 0.497 e. The molecule has 1 fully saturated rings. The average Bonchev–Trinajstić information content (AvgIpc) is 2.77. The summed E-state index contributed by atoms with van der Waals surface area (Å²) in [5.74, 6) is 1.63. The summed E-state index contributed by atoms with van der Waals surface area (Å²) in [5, 5.41) is 0. The number of methoxy groups -OCH3 is 2.